The minimum Gasteiger partial charge on any atom is -1.00 e. The van der Waals surface area contributed by atoms with E-state index < -0.39 is 44.1 Å². The Bertz CT molecular complexity index is 3920. The second-order valence-electron chi connectivity index (χ2n) is 30.1. The number of hydrogen-bond donors (Lipinski definition) is 3. The van der Waals surface area contributed by atoms with Crippen LogP contribution in [0.1, 0.15) is 81.5 Å². The molecule has 128 heavy (non-hydrogen) atoms. The number of carbonyl (C=O) groups is 8. The van der Waals surface area contributed by atoms with Crippen molar-refractivity contribution in [3.05, 3.63) is 127 Å². The molecule has 4 aromatic rings. The summed E-state index contributed by atoms with van der Waals surface area (Å²) < 4.78 is 79.1. The molecule has 0 fully saturated rings. The van der Waals surface area contributed by atoms with Crippen LogP contribution in [0.5, 0.6) is 0 Å². The van der Waals surface area contributed by atoms with Crippen molar-refractivity contribution in [3.8, 4) is 12.1 Å². The summed E-state index contributed by atoms with van der Waals surface area (Å²) in [4.78, 5) is 108. The molecule has 0 bridgehead atoms. The second kappa shape index (κ2) is 81.9. The first kappa shape index (κ1) is 135. The van der Waals surface area contributed by atoms with Gasteiger partial charge in [0.05, 0.1) is 108 Å². The largest absolute Gasteiger partial charge is 1.00 e. The Morgan fingerprint density at radius 1 is 0.492 bits per heavy atom. The van der Waals surface area contributed by atoms with Crippen LogP contribution in [0.2, 0.25) is 20.1 Å². The first-order chi connectivity index (χ1) is 59.0. The molecule has 35 nitrogen and oxygen atoms in total. The van der Waals surface area contributed by atoms with Crippen LogP contribution in [-0.4, -0.2) is 348 Å². The summed E-state index contributed by atoms with van der Waals surface area (Å²) in [6.07, 6.45) is 6.62. The number of amides is 1. The van der Waals surface area contributed by atoms with Crippen molar-refractivity contribution < 1.29 is 163 Å². The number of methoxy groups -OCH3 is 5. The first-order valence-corrected chi connectivity index (χ1v) is 44.1. The van der Waals surface area contributed by atoms with Crippen molar-refractivity contribution in [1.29, 1.82) is 10.5 Å². The summed E-state index contributed by atoms with van der Waals surface area (Å²) in [5.41, 5.74) is 8.93. The topological polar surface area (TPSA) is 437 Å². The zero-order chi connectivity index (χ0) is 97.7. The number of ether oxygens (including phenoxy) is 5. The summed E-state index contributed by atoms with van der Waals surface area (Å²) >= 11 is 23.4. The summed E-state index contributed by atoms with van der Waals surface area (Å²) in [7, 11) is 30.5. The molecule has 0 saturated carbocycles. The molecular formula is C85H141Cl4N13Na2O22S2. The van der Waals surface area contributed by atoms with E-state index in [1.807, 2.05) is 114 Å². The molecule has 0 aliphatic rings. The van der Waals surface area contributed by atoms with E-state index in [-0.39, 0.29) is 151 Å². The van der Waals surface area contributed by atoms with E-state index in [2.05, 4.69) is 44.0 Å². The van der Waals surface area contributed by atoms with E-state index in [1.54, 1.807) is 134 Å². The average Bonchev–Trinajstić information content (AvgIpc) is 0.700. The van der Waals surface area contributed by atoms with Crippen molar-refractivity contribution in [3.63, 3.8) is 0 Å². The van der Waals surface area contributed by atoms with Gasteiger partial charge in [-0.2, -0.15) is 27.4 Å². The van der Waals surface area contributed by atoms with Crippen LogP contribution in [0.25, 0.3) is 0 Å². The van der Waals surface area contributed by atoms with E-state index in [0.29, 0.717) is 71.2 Å². The van der Waals surface area contributed by atoms with Gasteiger partial charge in [-0.15, -0.1) is 0 Å². The van der Waals surface area contributed by atoms with Gasteiger partial charge in [0, 0.05) is 45.8 Å². The Kier molecular flexibility index (Phi) is 86.5. The number of nitriles is 2. The third-order valence-corrected chi connectivity index (χ3v) is 20.6. The number of halogens is 4. The monoisotopic (exact) mass is 1950 g/mol. The molecule has 0 radical (unpaired) electrons. The van der Waals surface area contributed by atoms with Gasteiger partial charge >= 0.3 is 94.9 Å². The fourth-order valence-corrected chi connectivity index (χ4v) is 12.2. The molecule has 720 valence electrons. The van der Waals surface area contributed by atoms with Crippen LogP contribution in [0.15, 0.2) is 94.7 Å². The van der Waals surface area contributed by atoms with Crippen molar-refractivity contribution >= 4 is 115 Å². The van der Waals surface area contributed by atoms with Gasteiger partial charge in [-0.3, -0.25) is 56.5 Å². The van der Waals surface area contributed by atoms with Crippen molar-refractivity contribution in [1.82, 2.24) is 49.4 Å². The molecule has 43 heteroatoms. The number of aryl methyl sites for hydroxylation is 2. The van der Waals surface area contributed by atoms with E-state index >= 15 is 0 Å². The molecule has 0 aliphatic heterocycles. The number of hydrogen-bond acceptors (Lipinski definition) is 33. The Morgan fingerprint density at radius 3 is 1.16 bits per heavy atom. The normalized spacial score (nSPS) is 11.5. The number of carboxylic acid groups (broad SMARTS) is 1. The summed E-state index contributed by atoms with van der Waals surface area (Å²) in [6, 6.07) is 26.7. The number of esters is 5. The predicted octanol–water partition coefficient (Wildman–Crippen LogP) is 1.73. The van der Waals surface area contributed by atoms with Crippen LogP contribution in [0, 0.1) is 60.2 Å². The van der Waals surface area contributed by atoms with Gasteiger partial charge in [-0.1, -0.05) is 93.9 Å². The fourth-order valence-electron chi connectivity index (χ4n) is 9.65. The standard InChI is InChI=1S/C21H33Cl2N3O3.C13H29N3O2.2C10H15NO3S.C9H20N2O2.C9H16N2O2.C8H6Cl2O2.C4H5NO2.CH2O3.2Na.H/c1-24(2)10-6-7-17(21(28)29-5)15-26(12-11-25(3)4)20(27)14-16-8-9-18(22)19(23)13-16;1-15(2)9-6-7-12(13(17)18-5)11-14-8-10-16(3)4;2*1-9-4-6-10(7-5-9)15(12,13)14-8-11(2)3;2*1-11(2)6-4-5-8(7-10)9(12)13-3;9-6-2-1-5(3-7(6)10)4-8(11)12;1-7-4(6)2-3-5;2-1-4-3;;;/h8-9,13,17H,6-7,10-12,14-15H2,1-5H3;12,14H,6-11H2,1-5H3;2*4-7H,8H2,1-3H3;8H,4-7,10H2,1-3H3;8H,4-6H2,1-3H3;1-3H,4H2,(H,11,12);2H2,1H3;1,3H;;;/q;;;;;;;;;2*+1;-1/p-1. The van der Waals surface area contributed by atoms with Gasteiger partial charge in [-0.25, -0.2) is 0 Å². The molecule has 4 unspecified atom stereocenters. The maximum absolute atomic E-state index is 13.0. The van der Waals surface area contributed by atoms with Crippen molar-refractivity contribution in [2.75, 3.05) is 234 Å². The zero-order valence-corrected chi connectivity index (χ0v) is 88.4. The minimum absolute atomic E-state index is 0. The molecule has 0 saturated heterocycles. The average molecular weight is 1950 g/mol. The van der Waals surface area contributed by atoms with Gasteiger partial charge < -0.3 is 85.7 Å². The smallest absolute Gasteiger partial charge is 1.00 e. The van der Waals surface area contributed by atoms with Crippen LogP contribution < -0.4 is 75.4 Å². The van der Waals surface area contributed by atoms with Gasteiger partial charge in [0.15, 0.2) is 0 Å². The molecule has 0 aliphatic carbocycles. The SMILES string of the molecule is COC(=O)C(C#N)CCCN(C)C.COC(=O)C(CCCN(C)C)CN(CCN(C)C)C(=O)Cc1ccc(Cl)c(Cl)c1.COC(=O)C(CCCN(C)C)CNCCN(C)C.COC(=O)C(CN)CCCN(C)C.COC(=O)CC#N.Cc1ccc(S(=O)(=O)OCN(C)C)cc1.Cc1ccc(S(=O)(=O)OCN(C)C)cc1.O=C(O)Cc1ccc(Cl)c(Cl)c1.O=CO[O-].[H-].[Na+].[Na+]. The van der Waals surface area contributed by atoms with Gasteiger partial charge in [0.1, 0.15) is 25.8 Å². The number of aliphatic carboxylic acids is 1. The Balaban J connectivity index is -0.000000220. The summed E-state index contributed by atoms with van der Waals surface area (Å²) in [6.45, 7) is 12.0. The van der Waals surface area contributed by atoms with Gasteiger partial charge in [-0.05, 0) is 264 Å². The van der Waals surface area contributed by atoms with E-state index in [4.69, 9.17) is 95.7 Å². The summed E-state index contributed by atoms with van der Waals surface area (Å²) in [5, 5.41) is 38.3. The molecule has 4 atom stereocenters. The van der Waals surface area contributed by atoms with Gasteiger partial charge in [0.25, 0.3) is 26.7 Å². The number of nitrogens with two attached hydrogens (primary N) is 1. The van der Waals surface area contributed by atoms with Crippen LogP contribution in [-0.2, 0) is 108 Å². The molecule has 1 amide bonds. The first-order valence-electron chi connectivity index (χ1n) is 39.7. The molecule has 0 heterocycles. The third-order valence-electron chi connectivity index (χ3n) is 16.6. The second-order valence-corrected chi connectivity index (χ2v) is 34.9. The van der Waals surface area contributed by atoms with Crippen molar-refractivity contribution in [2.45, 2.75) is 94.3 Å². The zero-order valence-electron chi connectivity index (χ0n) is 80.8. The van der Waals surface area contributed by atoms with Crippen LogP contribution in [0.4, 0.5) is 0 Å². The Morgan fingerprint density at radius 2 is 0.844 bits per heavy atom. The molecule has 4 aromatic carbocycles. The van der Waals surface area contributed by atoms with Crippen LogP contribution in [0.3, 0.4) is 0 Å². The Labute approximate surface area is 827 Å². The number of nitrogens with zero attached hydrogens (tertiary/aromatic N) is 11. The fraction of sp³-hybridized carbons (Fsp3) is 0.600. The minimum atomic E-state index is -3.61. The molecule has 0 aromatic heterocycles. The number of carboxylic acids is 1. The number of benzene rings is 4. The van der Waals surface area contributed by atoms with Crippen molar-refractivity contribution in [2.24, 2.45) is 29.4 Å². The quantitative estimate of drug-likeness (QED) is 0.00653. The molecule has 4 N–H and O–H groups in total. The number of likely N-dealkylation sites (N-methyl/N-ethyl adjacent to an activating group) is 2. The maximum atomic E-state index is 13.0. The number of nitrogens with one attached hydrogen (secondary N) is 1. The third kappa shape index (κ3) is 75.7. The van der Waals surface area contributed by atoms with E-state index in [9.17, 15) is 50.4 Å². The number of carbonyl (C=O) groups excluding carboxylic acids is 7. The predicted molar refractivity (Wildman–Crippen MR) is 489 cm³/mol. The van der Waals surface area contributed by atoms with Crippen LogP contribution >= 0.6 is 46.4 Å². The molecule has 0 spiro atoms. The Hall–Kier alpha value is -5.84. The van der Waals surface area contributed by atoms with E-state index in [1.165, 1.54) is 35.5 Å². The summed E-state index contributed by atoms with van der Waals surface area (Å²) in [5.74, 6) is -3.54. The maximum Gasteiger partial charge on any atom is 1.00 e. The number of rotatable bonds is 45. The molecular weight excluding hydrogens is 1810 g/mol. The van der Waals surface area contributed by atoms with Gasteiger partial charge in [0.2, 0.25) is 5.91 Å². The molecule has 4 rings (SSSR count). The van der Waals surface area contributed by atoms with E-state index in [0.717, 1.165) is 94.5 Å².